The first kappa shape index (κ1) is 51.7. The first-order valence-electron chi connectivity index (χ1n) is 23.3. The molecule has 0 saturated heterocycles. The van der Waals surface area contributed by atoms with Gasteiger partial charge in [-0.1, -0.05) is 163 Å². The number of aromatic nitrogens is 1. The van der Waals surface area contributed by atoms with Crippen molar-refractivity contribution in [2.24, 2.45) is 22.9 Å². The van der Waals surface area contributed by atoms with Crippen LogP contribution in [-0.4, -0.2) is 82.0 Å². The van der Waals surface area contributed by atoms with Crippen LogP contribution in [0.25, 0.3) is 22.0 Å². The maximum absolute atomic E-state index is 14.4. The van der Waals surface area contributed by atoms with Crippen molar-refractivity contribution < 1.29 is 38.7 Å². The number of H-pyrrole nitrogens is 1. The van der Waals surface area contributed by atoms with Crippen molar-refractivity contribution >= 4 is 52.6 Å². The number of carboxylic acid groups (broad SMARTS) is 1. The van der Waals surface area contributed by atoms with Gasteiger partial charge in [0, 0.05) is 29.9 Å². The average Bonchev–Trinajstić information content (AvgIpc) is 3.75. The van der Waals surface area contributed by atoms with E-state index >= 15 is 0 Å². The molecule has 0 aliphatic rings. The van der Waals surface area contributed by atoms with E-state index in [0.717, 1.165) is 39.4 Å². The summed E-state index contributed by atoms with van der Waals surface area (Å²) >= 11 is 0. The number of para-hydroxylation sites is 1. The molecule has 1 aromatic heterocycles. The van der Waals surface area contributed by atoms with Gasteiger partial charge in [-0.05, 0) is 58.1 Å². The van der Waals surface area contributed by atoms with Gasteiger partial charge < -0.3 is 41.5 Å². The molecule has 0 bridgehead atoms. The van der Waals surface area contributed by atoms with Crippen LogP contribution in [-0.2, 0) is 53.1 Å². The second-order valence-corrected chi connectivity index (χ2v) is 17.7. The molecule has 7 N–H and O–H groups in total. The highest BCUT2D eigenvalue weighted by atomic mass is 16.6. The third-order valence-corrected chi connectivity index (χ3v) is 12.1. The molecular formula is C53H65N7O8. The van der Waals surface area contributed by atoms with Crippen LogP contribution in [0.1, 0.15) is 77.5 Å². The van der Waals surface area contributed by atoms with Crippen LogP contribution in [0.4, 0.5) is 0 Å². The molecule has 5 aromatic rings. The summed E-state index contributed by atoms with van der Waals surface area (Å²) < 4.78 is 0. The summed E-state index contributed by atoms with van der Waals surface area (Å²) in [5, 5.41) is 28.7. The van der Waals surface area contributed by atoms with Crippen LogP contribution in [0.15, 0.2) is 121 Å². The number of hydrogen-bond donors (Lipinski definition) is 7. The molecule has 7 atom stereocenters. The third kappa shape index (κ3) is 15.1. The first-order chi connectivity index (χ1) is 32.7. The molecule has 15 nitrogen and oxygen atoms in total. The summed E-state index contributed by atoms with van der Waals surface area (Å²) in [4.78, 5) is 90.7. The Morgan fingerprint density at radius 3 is 1.76 bits per heavy atom. The van der Waals surface area contributed by atoms with E-state index in [1.165, 1.54) is 0 Å². The summed E-state index contributed by atoms with van der Waals surface area (Å²) in [6.45, 7) is 11.2. The van der Waals surface area contributed by atoms with Gasteiger partial charge >= 0.3 is 5.97 Å². The quantitative estimate of drug-likeness (QED) is 0.0254. The molecule has 360 valence electrons. The van der Waals surface area contributed by atoms with Gasteiger partial charge in [0.05, 0.1) is 0 Å². The number of nitrogens with one attached hydrogen (secondary N) is 6. The van der Waals surface area contributed by atoms with Gasteiger partial charge in [-0.25, -0.2) is 4.79 Å². The van der Waals surface area contributed by atoms with Crippen LogP contribution >= 0.6 is 0 Å². The highest BCUT2D eigenvalue weighted by Gasteiger charge is 2.36. The van der Waals surface area contributed by atoms with Crippen LogP contribution in [0.5, 0.6) is 0 Å². The smallest absolute Gasteiger partial charge is 0.326 e. The highest BCUT2D eigenvalue weighted by Crippen LogP contribution is 2.21. The minimum absolute atomic E-state index is 0.00158. The number of carboxylic acids is 1. The Labute approximate surface area is 398 Å². The monoisotopic (exact) mass is 927 g/mol. The highest BCUT2D eigenvalue weighted by molar-refractivity contribution is 6.26. The van der Waals surface area contributed by atoms with E-state index in [-0.39, 0.29) is 31.8 Å². The normalized spacial score (nSPS) is 14.5. The Kier molecular flexibility index (Phi) is 19.4. The molecule has 0 saturated carbocycles. The number of amides is 5. The van der Waals surface area contributed by atoms with Crippen LogP contribution in [0.2, 0.25) is 0 Å². The number of carbonyl (C=O) groups is 6. The Hall–Kier alpha value is -7.29. The van der Waals surface area contributed by atoms with Gasteiger partial charge in [0.2, 0.25) is 23.6 Å². The van der Waals surface area contributed by atoms with E-state index in [9.17, 15) is 33.9 Å². The lowest BCUT2D eigenvalue weighted by Gasteiger charge is -2.31. The van der Waals surface area contributed by atoms with E-state index in [4.69, 9.17) is 4.84 Å². The maximum Gasteiger partial charge on any atom is 0.326 e. The van der Waals surface area contributed by atoms with E-state index in [1.807, 2.05) is 125 Å². The van der Waals surface area contributed by atoms with Crippen LogP contribution < -0.4 is 26.6 Å². The van der Waals surface area contributed by atoms with Gasteiger partial charge in [0.1, 0.15) is 43.0 Å². The summed E-state index contributed by atoms with van der Waals surface area (Å²) in [5.74, 6) is -5.37. The lowest BCUT2D eigenvalue weighted by molar-refractivity contribution is -0.142. The number of carbonyl (C=O) groups excluding carboxylic acids is 5. The van der Waals surface area contributed by atoms with Crippen molar-refractivity contribution in [2.75, 3.05) is 0 Å². The standard InChI is InChI=1S/C53H65N7O8/c1-7-34(5)47(51(64)58-45(53(66)67)29-40-30-54-42-22-16-15-21-41(40)42)60-52(65)48(35(6)8-2)59-50(63)44(28-36-17-11-9-12-18-36)57-49(62)43(27-33(3)4)56-46(61)31-55-68-32-37-23-25-39(26-24-37)38-19-13-10-14-20-38/h9-26,30-31,33-35,43-45,47-48,54H,7-8,27-29,32H2,1-6H3,(H,56,61)(H,57,62)(H,58,64)(H,59,63)(H,60,65)(H,66,67)/b55-31+/t34-,35-,43-,44-,45-,47-,48-/m0/s1. The summed E-state index contributed by atoms with van der Waals surface area (Å²) in [6.07, 6.45) is 3.91. The molecule has 68 heavy (non-hydrogen) atoms. The van der Waals surface area contributed by atoms with Crippen molar-refractivity contribution in [3.8, 4) is 11.1 Å². The largest absolute Gasteiger partial charge is 0.480 e. The van der Waals surface area contributed by atoms with E-state index in [1.54, 1.807) is 32.2 Å². The van der Waals surface area contributed by atoms with Crippen LogP contribution in [0, 0.1) is 17.8 Å². The molecular weight excluding hydrogens is 863 g/mol. The molecule has 0 fully saturated rings. The number of aliphatic carboxylic acids is 1. The number of aromatic amines is 1. The predicted molar refractivity (Wildman–Crippen MR) is 263 cm³/mol. The van der Waals surface area contributed by atoms with E-state index in [0.29, 0.717) is 18.4 Å². The average molecular weight is 928 g/mol. The van der Waals surface area contributed by atoms with Gasteiger partial charge in [-0.3, -0.25) is 24.0 Å². The third-order valence-electron chi connectivity index (χ3n) is 12.1. The summed E-state index contributed by atoms with van der Waals surface area (Å²) in [5.41, 5.74) is 5.26. The lowest BCUT2D eigenvalue weighted by Crippen LogP contribution is -2.61. The Morgan fingerprint density at radius 2 is 1.15 bits per heavy atom. The van der Waals surface area contributed by atoms with Crippen molar-refractivity contribution in [3.63, 3.8) is 0 Å². The Bertz CT molecular complexity index is 2470. The van der Waals surface area contributed by atoms with E-state index in [2.05, 4.69) is 36.7 Å². The first-order valence-corrected chi connectivity index (χ1v) is 23.3. The fraction of sp³-hybridized carbons (Fsp3) is 0.377. The molecule has 0 aliphatic carbocycles. The van der Waals surface area contributed by atoms with Gasteiger partial charge in [-0.2, -0.15) is 0 Å². The molecule has 0 radical (unpaired) electrons. The molecule has 0 spiro atoms. The molecule has 5 rings (SSSR count). The fourth-order valence-corrected chi connectivity index (χ4v) is 7.75. The minimum atomic E-state index is -1.29. The number of rotatable bonds is 25. The maximum atomic E-state index is 14.4. The number of benzene rings is 4. The molecule has 0 aliphatic heterocycles. The van der Waals surface area contributed by atoms with Gasteiger partial charge in [0.15, 0.2) is 0 Å². The molecule has 0 unspecified atom stereocenters. The van der Waals surface area contributed by atoms with Crippen molar-refractivity contribution in [1.82, 2.24) is 31.6 Å². The SMILES string of the molecule is CC[C@H](C)[C@H](NC(=O)[C@H](Cc1ccccc1)NC(=O)[C@H](CC(C)C)NC(=O)/C=N/OCc1ccc(-c2ccccc2)cc1)C(=O)N[C@H](C(=O)N[C@@H](Cc1c[nH]c2ccccc12)C(=O)O)[C@@H](C)CC. The van der Waals surface area contributed by atoms with Gasteiger partial charge in [-0.15, -0.1) is 0 Å². The molecule has 1 heterocycles. The summed E-state index contributed by atoms with van der Waals surface area (Å²) in [7, 11) is 0. The van der Waals surface area contributed by atoms with Crippen molar-refractivity contribution in [1.29, 1.82) is 0 Å². The molecule has 5 amide bonds. The topological polar surface area (TPSA) is 220 Å². The Morgan fingerprint density at radius 1 is 0.603 bits per heavy atom. The van der Waals surface area contributed by atoms with Gasteiger partial charge in [0.25, 0.3) is 5.91 Å². The number of oxime groups is 1. The predicted octanol–water partition coefficient (Wildman–Crippen LogP) is 6.47. The van der Waals surface area contributed by atoms with E-state index < -0.39 is 77.6 Å². The number of nitrogens with zero attached hydrogens (tertiary/aromatic N) is 1. The molecule has 4 aromatic carbocycles. The minimum Gasteiger partial charge on any atom is -0.480 e. The van der Waals surface area contributed by atoms with Crippen molar-refractivity contribution in [2.45, 2.75) is 110 Å². The zero-order chi connectivity index (χ0) is 49.2. The lowest BCUT2D eigenvalue weighted by atomic mass is 9.94. The fourth-order valence-electron chi connectivity index (χ4n) is 7.75. The zero-order valence-corrected chi connectivity index (χ0v) is 39.7. The molecule has 15 heteroatoms. The number of fused-ring (bicyclic) bond motifs is 1. The second kappa shape index (κ2) is 25.6. The zero-order valence-electron chi connectivity index (χ0n) is 39.7. The number of hydrogen-bond acceptors (Lipinski definition) is 8. The van der Waals surface area contributed by atoms with Crippen molar-refractivity contribution in [3.05, 3.63) is 132 Å². The Balaban J connectivity index is 1.26. The second-order valence-electron chi connectivity index (χ2n) is 17.7. The van der Waals surface area contributed by atoms with Crippen LogP contribution in [0.3, 0.4) is 0 Å². The summed E-state index contributed by atoms with van der Waals surface area (Å²) in [6, 6.07) is 28.4.